The summed E-state index contributed by atoms with van der Waals surface area (Å²) < 4.78 is 1.51. The van der Waals surface area contributed by atoms with Crippen molar-refractivity contribution in [1.82, 2.24) is 19.4 Å². The molecule has 0 radical (unpaired) electrons. The maximum Gasteiger partial charge on any atom is 0.293 e. The van der Waals surface area contributed by atoms with Gasteiger partial charge in [-0.1, -0.05) is 30.7 Å². The molecule has 10 heteroatoms. The highest BCUT2D eigenvalue weighted by Gasteiger charge is 2.32. The Bertz CT molecular complexity index is 1750. The molecule has 9 nitrogen and oxygen atoms in total. The number of rotatable bonds is 6. The van der Waals surface area contributed by atoms with Crippen molar-refractivity contribution in [2.75, 3.05) is 37.8 Å². The van der Waals surface area contributed by atoms with E-state index < -0.39 is 0 Å². The first-order valence-electron chi connectivity index (χ1n) is 15.1. The van der Waals surface area contributed by atoms with Crippen LogP contribution in [0.3, 0.4) is 0 Å². The van der Waals surface area contributed by atoms with E-state index >= 15 is 0 Å². The number of nitrogens with one attached hydrogen (secondary N) is 2. The van der Waals surface area contributed by atoms with E-state index in [2.05, 4.69) is 21.6 Å². The van der Waals surface area contributed by atoms with Gasteiger partial charge in [0.1, 0.15) is 6.04 Å². The number of piperazine rings is 1. The fourth-order valence-electron chi connectivity index (χ4n) is 6.06. The SMILES string of the molecule is Cc1c(NC(=O)c2cc3c(s2)CCCCC3)cccc1-c1cn(C)c(=O)c(Nc2ccc(C3C(=O)N(C)CCN3C)cc2)n1. The van der Waals surface area contributed by atoms with Crippen LogP contribution < -0.4 is 16.2 Å². The Labute approximate surface area is 261 Å². The number of benzene rings is 2. The molecule has 228 valence electrons. The van der Waals surface area contributed by atoms with Crippen molar-refractivity contribution in [2.24, 2.45) is 7.05 Å². The summed E-state index contributed by atoms with van der Waals surface area (Å²) in [6.45, 7) is 3.47. The number of anilines is 3. The number of aromatic nitrogens is 2. The first kappa shape index (κ1) is 29.8. The van der Waals surface area contributed by atoms with Crippen molar-refractivity contribution in [1.29, 1.82) is 0 Å². The number of thiophene rings is 1. The minimum Gasteiger partial charge on any atom is -0.343 e. The average molecular weight is 611 g/mol. The average Bonchev–Trinajstić information content (AvgIpc) is 3.29. The summed E-state index contributed by atoms with van der Waals surface area (Å²) >= 11 is 1.61. The molecule has 2 N–H and O–H groups in total. The van der Waals surface area contributed by atoms with E-state index in [0.717, 1.165) is 41.0 Å². The zero-order valence-electron chi connectivity index (χ0n) is 25.6. The van der Waals surface area contributed by atoms with Gasteiger partial charge in [-0.3, -0.25) is 19.3 Å². The van der Waals surface area contributed by atoms with Gasteiger partial charge in [0.25, 0.3) is 11.5 Å². The van der Waals surface area contributed by atoms with Gasteiger partial charge in [0.2, 0.25) is 5.91 Å². The number of carbonyl (C=O) groups excluding carboxylic acids is 2. The predicted molar refractivity (Wildman–Crippen MR) is 176 cm³/mol. The molecule has 1 aliphatic carbocycles. The summed E-state index contributed by atoms with van der Waals surface area (Å²) in [4.78, 5) is 49.7. The predicted octanol–water partition coefficient (Wildman–Crippen LogP) is 5.53. The van der Waals surface area contributed by atoms with Crippen LogP contribution in [-0.2, 0) is 24.7 Å². The summed E-state index contributed by atoms with van der Waals surface area (Å²) in [5, 5.41) is 6.29. The number of hydrogen-bond acceptors (Lipinski definition) is 7. The van der Waals surface area contributed by atoms with Gasteiger partial charge in [-0.25, -0.2) is 4.98 Å². The van der Waals surface area contributed by atoms with E-state index in [1.165, 1.54) is 34.3 Å². The van der Waals surface area contributed by atoms with Crippen LogP contribution in [0.1, 0.15) is 56.5 Å². The standard InChI is InChI=1S/C34H38N6O3S/c1-21-25(10-8-11-26(21)37-32(41)29-19-23-9-6-5-7-12-28(23)44-29)27-20-40(4)34(43)31(36-27)35-24-15-13-22(14-16-24)30-33(42)39(3)18-17-38(30)2/h8,10-11,13-16,19-20,30H,5-7,9,12,17-18H2,1-4H3,(H,35,36)(H,37,41). The van der Waals surface area contributed by atoms with E-state index in [1.54, 1.807) is 29.5 Å². The van der Waals surface area contributed by atoms with Crippen LogP contribution in [0.15, 0.2) is 59.5 Å². The molecule has 1 atom stereocenters. The van der Waals surface area contributed by atoms with Gasteiger partial charge >= 0.3 is 0 Å². The van der Waals surface area contributed by atoms with Crippen molar-refractivity contribution in [2.45, 2.75) is 45.1 Å². The molecule has 44 heavy (non-hydrogen) atoms. The first-order valence-corrected chi connectivity index (χ1v) is 15.9. The zero-order valence-corrected chi connectivity index (χ0v) is 26.5. The van der Waals surface area contributed by atoms with Gasteiger partial charge in [-0.05, 0) is 80.6 Å². The Kier molecular flexibility index (Phi) is 8.38. The third-order valence-corrected chi connectivity index (χ3v) is 9.96. The molecule has 2 aliphatic rings. The molecule has 2 aromatic heterocycles. The lowest BCUT2D eigenvalue weighted by atomic mass is 10.0. The highest BCUT2D eigenvalue weighted by Crippen LogP contribution is 2.32. The monoisotopic (exact) mass is 610 g/mol. The molecular formula is C34H38N6O3S. The van der Waals surface area contributed by atoms with Crippen molar-refractivity contribution in [3.63, 3.8) is 0 Å². The number of nitrogens with zero attached hydrogens (tertiary/aromatic N) is 4. The summed E-state index contributed by atoms with van der Waals surface area (Å²) in [5.41, 5.74) is 5.66. The lowest BCUT2D eigenvalue weighted by molar-refractivity contribution is -0.139. The lowest BCUT2D eigenvalue weighted by Gasteiger charge is -2.37. The zero-order chi connectivity index (χ0) is 31.0. The molecule has 6 rings (SSSR count). The van der Waals surface area contributed by atoms with Crippen molar-refractivity contribution in [3.8, 4) is 11.3 Å². The lowest BCUT2D eigenvalue weighted by Crippen LogP contribution is -2.48. The second-order valence-electron chi connectivity index (χ2n) is 11.8. The van der Waals surface area contributed by atoms with E-state index in [4.69, 9.17) is 4.98 Å². The van der Waals surface area contributed by atoms with Crippen LogP contribution >= 0.6 is 11.3 Å². The minimum absolute atomic E-state index is 0.0707. The Hall–Kier alpha value is -4.28. The largest absolute Gasteiger partial charge is 0.343 e. The topological polar surface area (TPSA) is 99.6 Å². The number of hydrogen-bond donors (Lipinski definition) is 2. The van der Waals surface area contributed by atoms with Crippen molar-refractivity contribution in [3.05, 3.63) is 91.5 Å². The molecule has 1 aliphatic heterocycles. The van der Waals surface area contributed by atoms with Crippen molar-refractivity contribution >= 4 is 40.3 Å². The maximum absolute atomic E-state index is 13.3. The van der Waals surface area contributed by atoms with E-state index in [1.807, 2.05) is 63.5 Å². The van der Waals surface area contributed by atoms with Crippen LogP contribution in [0, 0.1) is 6.92 Å². The molecule has 1 saturated heterocycles. The van der Waals surface area contributed by atoms with E-state index in [9.17, 15) is 14.4 Å². The van der Waals surface area contributed by atoms with Gasteiger partial charge in [-0.15, -0.1) is 11.3 Å². The summed E-state index contributed by atoms with van der Waals surface area (Å²) in [6, 6.07) is 15.0. The molecule has 1 fully saturated rings. The molecular weight excluding hydrogens is 572 g/mol. The Morgan fingerprint density at radius 2 is 1.75 bits per heavy atom. The Balaban J connectivity index is 1.23. The summed E-state index contributed by atoms with van der Waals surface area (Å²) in [7, 11) is 5.48. The molecule has 4 aromatic rings. The second kappa shape index (κ2) is 12.4. The third kappa shape index (κ3) is 5.92. The molecule has 0 saturated carbocycles. The normalized spacial score (nSPS) is 17.2. The maximum atomic E-state index is 13.3. The van der Waals surface area contributed by atoms with E-state index in [-0.39, 0.29) is 29.2 Å². The van der Waals surface area contributed by atoms with E-state index in [0.29, 0.717) is 23.6 Å². The Morgan fingerprint density at radius 1 is 0.977 bits per heavy atom. The summed E-state index contributed by atoms with van der Waals surface area (Å²) in [6.07, 6.45) is 7.41. The first-order chi connectivity index (χ1) is 21.2. The number of aryl methyl sites for hydroxylation is 3. The van der Waals surface area contributed by atoms with Crippen LogP contribution in [0.5, 0.6) is 0 Å². The highest BCUT2D eigenvalue weighted by atomic mass is 32.1. The molecule has 1 unspecified atom stereocenters. The van der Waals surface area contributed by atoms with Gasteiger partial charge in [0, 0.05) is 55.2 Å². The van der Waals surface area contributed by atoms with Gasteiger partial charge in [0.05, 0.1) is 10.6 Å². The molecule has 2 aromatic carbocycles. The van der Waals surface area contributed by atoms with Crippen molar-refractivity contribution < 1.29 is 9.59 Å². The van der Waals surface area contributed by atoms with Gasteiger partial charge in [0.15, 0.2) is 5.82 Å². The number of likely N-dealkylation sites (N-methyl/N-ethyl adjacent to an activating group) is 2. The van der Waals surface area contributed by atoms with Gasteiger partial charge < -0.3 is 20.1 Å². The summed E-state index contributed by atoms with van der Waals surface area (Å²) in [5.74, 6) is 0.161. The fraction of sp³-hybridized carbons (Fsp3) is 0.353. The highest BCUT2D eigenvalue weighted by molar-refractivity contribution is 7.14. The number of amides is 2. The third-order valence-electron chi connectivity index (χ3n) is 8.73. The quantitative estimate of drug-likeness (QED) is 0.279. The molecule has 3 heterocycles. The van der Waals surface area contributed by atoms with Crippen LogP contribution in [0.2, 0.25) is 0 Å². The second-order valence-corrected chi connectivity index (χ2v) is 13.0. The minimum atomic E-state index is -0.331. The number of fused-ring (bicyclic) bond motifs is 1. The Morgan fingerprint density at radius 3 is 2.55 bits per heavy atom. The molecule has 2 amide bonds. The van der Waals surface area contributed by atoms with Crippen LogP contribution in [0.25, 0.3) is 11.3 Å². The fourth-order valence-corrected chi connectivity index (χ4v) is 7.20. The molecule has 0 spiro atoms. The van der Waals surface area contributed by atoms with Gasteiger partial charge in [-0.2, -0.15) is 0 Å². The smallest absolute Gasteiger partial charge is 0.293 e. The van der Waals surface area contributed by atoms with Crippen LogP contribution in [-0.4, -0.2) is 58.4 Å². The number of carbonyl (C=O) groups is 2. The van der Waals surface area contributed by atoms with Crippen LogP contribution in [0.4, 0.5) is 17.2 Å². The molecule has 0 bridgehead atoms.